The number of benzene rings is 1. The highest BCUT2D eigenvalue weighted by molar-refractivity contribution is 5.95. The fourth-order valence-electron chi connectivity index (χ4n) is 3.66. The molecule has 1 saturated carbocycles. The molecule has 3 unspecified atom stereocenters. The molecule has 3 rings (SSSR count). The van der Waals surface area contributed by atoms with Crippen molar-refractivity contribution in [1.82, 2.24) is 5.32 Å². The normalized spacial score (nSPS) is 28.7. The van der Waals surface area contributed by atoms with E-state index in [1.54, 1.807) is 18.2 Å². The molecule has 1 aromatic carbocycles. The van der Waals surface area contributed by atoms with Crippen molar-refractivity contribution < 1.29 is 9.90 Å². The van der Waals surface area contributed by atoms with Gasteiger partial charge in [-0.15, -0.1) is 0 Å². The summed E-state index contributed by atoms with van der Waals surface area (Å²) in [4.78, 5) is 12.4. The standard InChI is InChI=1S/C17H24N2O2/c1-11-10-13(7-9-16(11)20)18-17(21)15-8-6-12-4-2-3-5-14(12)19-15/h7,9-10,12,14-15,19-20H,2-6,8H2,1H3,(H,18,21). The average Bonchev–Trinajstić information content (AvgIpc) is 2.50. The van der Waals surface area contributed by atoms with E-state index in [1.165, 1.54) is 25.7 Å². The third-order valence-electron chi connectivity index (χ3n) is 4.93. The van der Waals surface area contributed by atoms with E-state index in [-0.39, 0.29) is 17.7 Å². The number of amides is 1. The highest BCUT2D eigenvalue weighted by atomic mass is 16.3. The first-order valence-corrected chi connectivity index (χ1v) is 8.00. The summed E-state index contributed by atoms with van der Waals surface area (Å²) >= 11 is 0. The summed E-state index contributed by atoms with van der Waals surface area (Å²) in [6, 6.07) is 5.60. The molecular weight excluding hydrogens is 264 g/mol. The highest BCUT2D eigenvalue weighted by Gasteiger charge is 2.34. The highest BCUT2D eigenvalue weighted by Crippen LogP contribution is 2.32. The zero-order valence-corrected chi connectivity index (χ0v) is 12.6. The third-order valence-corrected chi connectivity index (χ3v) is 4.93. The Hall–Kier alpha value is -1.55. The third kappa shape index (κ3) is 3.21. The number of carbonyl (C=O) groups excluding carboxylic acids is 1. The zero-order valence-electron chi connectivity index (χ0n) is 12.6. The van der Waals surface area contributed by atoms with Gasteiger partial charge in [-0.3, -0.25) is 4.79 Å². The Bertz CT molecular complexity index is 530. The van der Waals surface area contributed by atoms with Crippen molar-refractivity contribution >= 4 is 11.6 Å². The molecule has 1 aromatic rings. The van der Waals surface area contributed by atoms with E-state index in [1.807, 2.05) is 6.92 Å². The first-order valence-electron chi connectivity index (χ1n) is 8.00. The number of carbonyl (C=O) groups is 1. The molecule has 0 aromatic heterocycles. The molecule has 114 valence electrons. The number of phenols is 1. The van der Waals surface area contributed by atoms with Gasteiger partial charge in [0.05, 0.1) is 6.04 Å². The quantitative estimate of drug-likeness (QED) is 0.733. The van der Waals surface area contributed by atoms with Crippen LogP contribution in [0.3, 0.4) is 0 Å². The predicted molar refractivity (Wildman–Crippen MR) is 83.4 cm³/mol. The molecule has 1 aliphatic carbocycles. The van der Waals surface area contributed by atoms with Crippen molar-refractivity contribution in [3.05, 3.63) is 23.8 Å². The fourth-order valence-corrected chi connectivity index (χ4v) is 3.66. The van der Waals surface area contributed by atoms with Gasteiger partial charge in [0.2, 0.25) is 5.91 Å². The van der Waals surface area contributed by atoms with Crippen molar-refractivity contribution in [3.8, 4) is 5.75 Å². The van der Waals surface area contributed by atoms with Crippen molar-refractivity contribution in [3.63, 3.8) is 0 Å². The number of hydrogen-bond acceptors (Lipinski definition) is 3. The Morgan fingerprint density at radius 1 is 1.24 bits per heavy atom. The van der Waals surface area contributed by atoms with Crippen molar-refractivity contribution in [2.24, 2.45) is 5.92 Å². The monoisotopic (exact) mass is 288 g/mol. The molecule has 2 fully saturated rings. The molecule has 4 nitrogen and oxygen atoms in total. The predicted octanol–water partition coefficient (Wildman–Crippen LogP) is 2.95. The lowest BCUT2D eigenvalue weighted by Crippen LogP contribution is -2.53. The Balaban J connectivity index is 1.61. The van der Waals surface area contributed by atoms with Crippen LogP contribution in [0.4, 0.5) is 5.69 Å². The summed E-state index contributed by atoms with van der Waals surface area (Å²) in [6.45, 7) is 1.83. The summed E-state index contributed by atoms with van der Waals surface area (Å²) in [5.74, 6) is 1.07. The van der Waals surface area contributed by atoms with Crippen molar-refractivity contribution in [1.29, 1.82) is 0 Å². The number of nitrogens with one attached hydrogen (secondary N) is 2. The zero-order chi connectivity index (χ0) is 14.8. The van der Waals surface area contributed by atoms with Crippen LogP contribution < -0.4 is 10.6 Å². The van der Waals surface area contributed by atoms with E-state index < -0.39 is 0 Å². The Morgan fingerprint density at radius 2 is 2.05 bits per heavy atom. The topological polar surface area (TPSA) is 61.4 Å². The lowest BCUT2D eigenvalue weighted by molar-refractivity contribution is -0.119. The minimum atomic E-state index is -0.0848. The van der Waals surface area contributed by atoms with Gasteiger partial charge in [-0.25, -0.2) is 0 Å². The number of fused-ring (bicyclic) bond motifs is 1. The lowest BCUT2D eigenvalue weighted by atomic mass is 9.77. The summed E-state index contributed by atoms with van der Waals surface area (Å²) < 4.78 is 0. The number of aryl methyl sites for hydroxylation is 1. The molecule has 3 atom stereocenters. The maximum Gasteiger partial charge on any atom is 0.241 e. The largest absolute Gasteiger partial charge is 0.508 e. The molecule has 1 amide bonds. The van der Waals surface area contributed by atoms with Crippen LogP contribution in [-0.2, 0) is 4.79 Å². The molecule has 1 saturated heterocycles. The Labute approximate surface area is 125 Å². The second-order valence-electron chi connectivity index (χ2n) is 6.44. The lowest BCUT2D eigenvalue weighted by Gasteiger charge is -2.39. The van der Waals surface area contributed by atoms with Crippen LogP contribution in [0.1, 0.15) is 44.1 Å². The average molecular weight is 288 g/mol. The molecule has 21 heavy (non-hydrogen) atoms. The van der Waals surface area contributed by atoms with Gasteiger partial charge in [0, 0.05) is 11.7 Å². The van der Waals surface area contributed by atoms with Gasteiger partial charge in [0.15, 0.2) is 0 Å². The smallest absolute Gasteiger partial charge is 0.241 e. The van der Waals surface area contributed by atoms with Crippen LogP contribution in [0, 0.1) is 12.8 Å². The Kier molecular flexibility index (Phi) is 4.15. The maximum atomic E-state index is 12.4. The summed E-state index contributed by atoms with van der Waals surface area (Å²) in [6.07, 6.45) is 7.20. The fraction of sp³-hybridized carbons (Fsp3) is 0.588. The van der Waals surface area contributed by atoms with Gasteiger partial charge < -0.3 is 15.7 Å². The summed E-state index contributed by atoms with van der Waals surface area (Å²) in [7, 11) is 0. The molecule has 2 aliphatic rings. The van der Waals surface area contributed by atoms with E-state index >= 15 is 0 Å². The summed E-state index contributed by atoms with van der Waals surface area (Å²) in [5, 5.41) is 16.0. The number of phenolic OH excluding ortho intramolecular Hbond substituents is 1. The van der Waals surface area contributed by atoms with Gasteiger partial charge in [0.25, 0.3) is 0 Å². The SMILES string of the molecule is Cc1cc(NC(=O)C2CCC3CCCCC3N2)ccc1O. The molecule has 3 N–H and O–H groups in total. The molecule has 0 spiro atoms. The molecule has 1 heterocycles. The van der Waals surface area contributed by atoms with E-state index in [0.717, 1.165) is 30.0 Å². The molecular formula is C17H24N2O2. The second-order valence-corrected chi connectivity index (χ2v) is 6.44. The van der Waals surface area contributed by atoms with E-state index in [0.29, 0.717) is 6.04 Å². The van der Waals surface area contributed by atoms with Crippen LogP contribution in [0.2, 0.25) is 0 Å². The molecule has 0 radical (unpaired) electrons. The first kappa shape index (κ1) is 14.4. The second kappa shape index (κ2) is 6.06. The molecule has 4 heteroatoms. The van der Waals surface area contributed by atoms with Crippen LogP contribution in [0.15, 0.2) is 18.2 Å². The Morgan fingerprint density at radius 3 is 2.86 bits per heavy atom. The van der Waals surface area contributed by atoms with Crippen LogP contribution in [-0.4, -0.2) is 23.1 Å². The number of aromatic hydroxyl groups is 1. The van der Waals surface area contributed by atoms with Crippen LogP contribution >= 0.6 is 0 Å². The van der Waals surface area contributed by atoms with E-state index in [9.17, 15) is 9.90 Å². The van der Waals surface area contributed by atoms with Gasteiger partial charge in [-0.2, -0.15) is 0 Å². The van der Waals surface area contributed by atoms with Gasteiger partial charge >= 0.3 is 0 Å². The first-order chi connectivity index (χ1) is 10.1. The van der Waals surface area contributed by atoms with Gasteiger partial charge in [-0.05, 0) is 62.3 Å². The van der Waals surface area contributed by atoms with Crippen LogP contribution in [0.5, 0.6) is 5.75 Å². The van der Waals surface area contributed by atoms with E-state index in [4.69, 9.17) is 0 Å². The van der Waals surface area contributed by atoms with E-state index in [2.05, 4.69) is 10.6 Å². The van der Waals surface area contributed by atoms with Gasteiger partial charge in [0.1, 0.15) is 5.75 Å². The van der Waals surface area contributed by atoms with Gasteiger partial charge in [-0.1, -0.05) is 12.8 Å². The molecule has 0 bridgehead atoms. The molecule has 1 aliphatic heterocycles. The maximum absolute atomic E-state index is 12.4. The number of rotatable bonds is 2. The minimum Gasteiger partial charge on any atom is -0.508 e. The minimum absolute atomic E-state index is 0.0455. The number of anilines is 1. The van der Waals surface area contributed by atoms with Crippen LogP contribution in [0.25, 0.3) is 0 Å². The van der Waals surface area contributed by atoms with Crippen molar-refractivity contribution in [2.75, 3.05) is 5.32 Å². The summed E-state index contributed by atoms with van der Waals surface area (Å²) in [5.41, 5.74) is 1.53. The number of hydrogen-bond donors (Lipinski definition) is 3. The van der Waals surface area contributed by atoms with Crippen molar-refractivity contribution in [2.45, 2.75) is 57.5 Å². The number of piperidine rings is 1.